The minimum absolute atomic E-state index is 0.0691. The fourth-order valence-electron chi connectivity index (χ4n) is 2.50. The van der Waals surface area contributed by atoms with Crippen LogP contribution in [0.1, 0.15) is 21.5 Å². The first-order valence-electron chi connectivity index (χ1n) is 8.58. The average molecular weight is 413 g/mol. The number of carbonyl (C=O) groups is 1. The summed E-state index contributed by atoms with van der Waals surface area (Å²) in [5.74, 6) is 1.36. The molecule has 28 heavy (non-hydrogen) atoms. The summed E-state index contributed by atoms with van der Waals surface area (Å²) in [6, 6.07) is 19.8. The van der Waals surface area contributed by atoms with Gasteiger partial charge in [0.1, 0.15) is 18.1 Å². The zero-order valence-electron chi connectivity index (χ0n) is 15.2. The quantitative estimate of drug-likeness (QED) is 0.329. The van der Waals surface area contributed by atoms with Crippen molar-refractivity contribution < 1.29 is 14.3 Å². The van der Waals surface area contributed by atoms with E-state index in [9.17, 15) is 4.79 Å². The molecule has 0 saturated heterocycles. The first-order chi connectivity index (χ1) is 13.5. The van der Waals surface area contributed by atoms with Gasteiger partial charge >= 0.3 is 0 Å². The van der Waals surface area contributed by atoms with Gasteiger partial charge in [-0.25, -0.2) is 0 Å². The van der Waals surface area contributed by atoms with E-state index in [1.807, 2.05) is 30.3 Å². The number of hydrogen-bond donors (Lipinski definition) is 0. The number of carbonyl (C=O) groups excluding carboxylic acids is 1. The Kier molecular flexibility index (Phi) is 6.75. The fourth-order valence-corrected chi connectivity index (χ4v) is 2.96. The van der Waals surface area contributed by atoms with Crippen LogP contribution in [0.2, 0.25) is 10.0 Å². The number of ketones is 1. The van der Waals surface area contributed by atoms with E-state index in [1.54, 1.807) is 55.7 Å². The highest BCUT2D eigenvalue weighted by Gasteiger charge is 2.04. The highest BCUT2D eigenvalue weighted by atomic mass is 35.5. The van der Waals surface area contributed by atoms with Crippen LogP contribution in [0.25, 0.3) is 6.08 Å². The third kappa shape index (κ3) is 5.38. The molecule has 0 aliphatic carbocycles. The average Bonchev–Trinajstić information content (AvgIpc) is 2.72. The van der Waals surface area contributed by atoms with Crippen molar-refractivity contribution in [2.45, 2.75) is 6.61 Å². The van der Waals surface area contributed by atoms with Crippen LogP contribution in [0, 0.1) is 0 Å². The number of benzene rings is 3. The van der Waals surface area contributed by atoms with E-state index in [0.717, 1.165) is 16.9 Å². The second-order valence-corrected chi connectivity index (χ2v) is 6.86. The Morgan fingerprint density at radius 2 is 1.61 bits per heavy atom. The Morgan fingerprint density at radius 1 is 0.929 bits per heavy atom. The second kappa shape index (κ2) is 9.45. The lowest BCUT2D eigenvalue weighted by atomic mass is 10.1. The van der Waals surface area contributed by atoms with Crippen LogP contribution in [-0.2, 0) is 6.61 Å². The van der Waals surface area contributed by atoms with E-state index in [0.29, 0.717) is 28.0 Å². The molecule has 5 heteroatoms. The number of methoxy groups -OCH3 is 1. The predicted molar refractivity (Wildman–Crippen MR) is 114 cm³/mol. The lowest BCUT2D eigenvalue weighted by Crippen LogP contribution is -1.96. The minimum atomic E-state index is -0.0691. The monoisotopic (exact) mass is 412 g/mol. The van der Waals surface area contributed by atoms with Crippen LogP contribution in [0.3, 0.4) is 0 Å². The number of hydrogen-bond acceptors (Lipinski definition) is 3. The van der Waals surface area contributed by atoms with Crippen molar-refractivity contribution in [1.29, 1.82) is 0 Å². The normalized spacial score (nSPS) is 10.8. The van der Waals surface area contributed by atoms with Gasteiger partial charge in [-0.3, -0.25) is 4.79 Å². The van der Waals surface area contributed by atoms with Gasteiger partial charge < -0.3 is 9.47 Å². The number of rotatable bonds is 7. The molecular formula is C23H18Cl2O3. The van der Waals surface area contributed by atoms with Crippen LogP contribution < -0.4 is 9.47 Å². The molecule has 0 aliphatic heterocycles. The summed E-state index contributed by atoms with van der Waals surface area (Å²) in [4.78, 5) is 12.2. The summed E-state index contributed by atoms with van der Waals surface area (Å²) in [6.07, 6.45) is 3.32. The summed E-state index contributed by atoms with van der Waals surface area (Å²) in [7, 11) is 1.59. The van der Waals surface area contributed by atoms with Crippen molar-refractivity contribution in [2.24, 2.45) is 0 Å². The van der Waals surface area contributed by atoms with E-state index >= 15 is 0 Å². The van der Waals surface area contributed by atoms with Crippen molar-refractivity contribution >= 4 is 35.1 Å². The SMILES string of the molecule is COc1ccc(C(=O)/C=C/c2ccc(OCc3ccc(Cl)cc3Cl)cc2)cc1. The molecule has 0 bridgehead atoms. The number of allylic oxidation sites excluding steroid dienone is 1. The summed E-state index contributed by atoms with van der Waals surface area (Å²) in [6.45, 7) is 0.348. The van der Waals surface area contributed by atoms with Gasteiger partial charge in [0.15, 0.2) is 5.78 Å². The maximum Gasteiger partial charge on any atom is 0.185 e. The predicted octanol–water partition coefficient (Wildman–Crippen LogP) is 6.48. The smallest absolute Gasteiger partial charge is 0.185 e. The second-order valence-electron chi connectivity index (χ2n) is 6.02. The molecule has 0 saturated carbocycles. The van der Waals surface area contributed by atoms with Gasteiger partial charge in [0, 0.05) is 21.2 Å². The Bertz CT molecular complexity index is 978. The van der Waals surface area contributed by atoms with Crippen molar-refractivity contribution in [3.8, 4) is 11.5 Å². The Morgan fingerprint density at radius 3 is 2.25 bits per heavy atom. The molecule has 0 heterocycles. The van der Waals surface area contributed by atoms with Gasteiger partial charge in [-0.05, 0) is 60.2 Å². The molecule has 3 aromatic rings. The largest absolute Gasteiger partial charge is 0.497 e. The maximum atomic E-state index is 12.2. The number of halogens is 2. The lowest BCUT2D eigenvalue weighted by molar-refractivity contribution is 0.104. The van der Waals surface area contributed by atoms with Crippen LogP contribution in [0.4, 0.5) is 0 Å². The first-order valence-corrected chi connectivity index (χ1v) is 9.34. The van der Waals surface area contributed by atoms with Gasteiger partial charge in [0.25, 0.3) is 0 Å². The summed E-state index contributed by atoms with van der Waals surface area (Å²) in [5, 5.41) is 1.16. The molecule has 0 spiro atoms. The zero-order valence-corrected chi connectivity index (χ0v) is 16.7. The molecule has 3 rings (SSSR count). The molecule has 0 fully saturated rings. The Labute approximate surface area is 174 Å². The molecule has 3 nitrogen and oxygen atoms in total. The van der Waals surface area contributed by atoms with E-state index in [1.165, 1.54) is 0 Å². The molecule has 0 aromatic heterocycles. The van der Waals surface area contributed by atoms with Gasteiger partial charge in [-0.2, -0.15) is 0 Å². The van der Waals surface area contributed by atoms with Crippen LogP contribution in [-0.4, -0.2) is 12.9 Å². The summed E-state index contributed by atoms with van der Waals surface area (Å²) >= 11 is 12.0. The Hall–Kier alpha value is -2.75. The van der Waals surface area contributed by atoms with Gasteiger partial charge in [-0.15, -0.1) is 0 Å². The molecule has 3 aromatic carbocycles. The highest BCUT2D eigenvalue weighted by molar-refractivity contribution is 6.35. The van der Waals surface area contributed by atoms with Crippen molar-refractivity contribution in [2.75, 3.05) is 7.11 Å². The first kappa shape index (κ1) is 20.0. The molecule has 0 atom stereocenters. The van der Waals surface area contributed by atoms with E-state index in [2.05, 4.69) is 0 Å². The third-order valence-corrected chi connectivity index (χ3v) is 4.68. The molecule has 0 amide bonds. The minimum Gasteiger partial charge on any atom is -0.497 e. The lowest BCUT2D eigenvalue weighted by Gasteiger charge is -2.08. The van der Waals surface area contributed by atoms with Crippen LogP contribution in [0.15, 0.2) is 72.8 Å². The van der Waals surface area contributed by atoms with Crippen LogP contribution >= 0.6 is 23.2 Å². The molecule has 0 unspecified atom stereocenters. The van der Waals surface area contributed by atoms with Crippen molar-refractivity contribution in [3.63, 3.8) is 0 Å². The third-order valence-electron chi connectivity index (χ3n) is 4.09. The van der Waals surface area contributed by atoms with Gasteiger partial charge in [-0.1, -0.05) is 47.5 Å². The van der Waals surface area contributed by atoms with E-state index in [-0.39, 0.29) is 5.78 Å². The Balaban J connectivity index is 1.58. The van der Waals surface area contributed by atoms with Gasteiger partial charge in [0.2, 0.25) is 0 Å². The van der Waals surface area contributed by atoms with Crippen molar-refractivity contribution in [1.82, 2.24) is 0 Å². The fraction of sp³-hybridized carbons (Fsp3) is 0.0870. The van der Waals surface area contributed by atoms with E-state index < -0.39 is 0 Å². The topological polar surface area (TPSA) is 35.5 Å². The van der Waals surface area contributed by atoms with Crippen molar-refractivity contribution in [3.05, 3.63) is 99.5 Å². The summed E-state index contributed by atoms with van der Waals surface area (Å²) < 4.78 is 10.8. The molecule has 0 aliphatic rings. The molecule has 0 N–H and O–H groups in total. The molecule has 142 valence electrons. The van der Waals surface area contributed by atoms with Gasteiger partial charge in [0.05, 0.1) is 7.11 Å². The molecular weight excluding hydrogens is 395 g/mol. The number of ether oxygens (including phenoxy) is 2. The summed E-state index contributed by atoms with van der Waals surface area (Å²) in [5.41, 5.74) is 2.37. The molecule has 0 radical (unpaired) electrons. The highest BCUT2D eigenvalue weighted by Crippen LogP contribution is 2.23. The van der Waals surface area contributed by atoms with E-state index in [4.69, 9.17) is 32.7 Å². The maximum absolute atomic E-state index is 12.2. The standard InChI is InChI=1S/C23H18Cl2O3/c1-27-20-11-6-17(7-12-20)23(26)13-4-16-2-9-21(10-3-16)28-15-18-5-8-19(24)14-22(18)25/h2-14H,15H2,1H3/b13-4+. The zero-order chi connectivity index (χ0) is 19.9. The van der Waals surface area contributed by atoms with Crippen LogP contribution in [0.5, 0.6) is 11.5 Å².